The average molecular weight is 387 g/mol. The summed E-state index contributed by atoms with van der Waals surface area (Å²) in [7, 11) is 0. The molecule has 0 saturated carbocycles. The van der Waals surface area contributed by atoms with Gasteiger partial charge in [0.25, 0.3) is 0 Å². The molecule has 0 atom stereocenters. The Bertz CT molecular complexity index is 745. The summed E-state index contributed by atoms with van der Waals surface area (Å²) < 4.78 is 11.9. The monoisotopic (exact) mass is 386 g/mol. The van der Waals surface area contributed by atoms with E-state index >= 15 is 0 Å². The predicted molar refractivity (Wildman–Crippen MR) is 102 cm³/mol. The van der Waals surface area contributed by atoms with Crippen LogP contribution in [0.3, 0.4) is 0 Å². The number of benzene rings is 2. The summed E-state index contributed by atoms with van der Waals surface area (Å²) in [6, 6.07) is 14.8. The molecule has 0 unspecified atom stereocenters. The Labute approximate surface area is 152 Å². The maximum absolute atomic E-state index is 5.56. The van der Waals surface area contributed by atoms with Crippen molar-refractivity contribution < 1.29 is 9.47 Å². The Morgan fingerprint density at radius 1 is 1.08 bits per heavy atom. The molecule has 0 radical (unpaired) electrons. The lowest BCUT2D eigenvalue weighted by molar-refractivity contribution is 0.0224. The van der Waals surface area contributed by atoms with Crippen molar-refractivity contribution in [3.8, 4) is 5.75 Å². The lowest BCUT2D eigenvalue weighted by Crippen LogP contribution is -2.21. The van der Waals surface area contributed by atoms with Gasteiger partial charge in [0.05, 0.1) is 0 Å². The van der Waals surface area contributed by atoms with Crippen LogP contribution in [0.15, 0.2) is 53.0 Å². The van der Waals surface area contributed by atoms with E-state index in [-0.39, 0.29) is 5.41 Å². The van der Waals surface area contributed by atoms with Crippen LogP contribution >= 0.6 is 15.9 Å². The van der Waals surface area contributed by atoms with E-state index in [2.05, 4.69) is 66.2 Å². The van der Waals surface area contributed by atoms with Crippen LogP contribution in [-0.2, 0) is 10.2 Å². The molecule has 3 heteroatoms. The van der Waals surface area contributed by atoms with Crippen molar-refractivity contribution in [3.05, 3.63) is 69.7 Å². The van der Waals surface area contributed by atoms with Crippen LogP contribution in [0.5, 0.6) is 5.75 Å². The van der Waals surface area contributed by atoms with Gasteiger partial charge in [-0.1, -0.05) is 54.1 Å². The van der Waals surface area contributed by atoms with Crippen LogP contribution < -0.4 is 4.74 Å². The summed E-state index contributed by atoms with van der Waals surface area (Å²) in [6.07, 6.45) is 3.39. The van der Waals surface area contributed by atoms with Crippen LogP contribution in [0, 0.1) is 0 Å². The molecule has 0 N–H and O–H groups in total. The molecule has 2 aromatic carbocycles. The molecule has 0 fully saturated rings. The number of hydrogen-bond donors (Lipinski definition) is 0. The van der Waals surface area contributed by atoms with Gasteiger partial charge < -0.3 is 9.47 Å². The van der Waals surface area contributed by atoms with E-state index in [1.807, 2.05) is 19.1 Å². The first kappa shape index (κ1) is 17.2. The molecule has 0 spiro atoms. The summed E-state index contributed by atoms with van der Waals surface area (Å²) in [5.41, 5.74) is 5.39. The molecule has 1 aliphatic rings. The molecule has 24 heavy (non-hydrogen) atoms. The molecule has 2 nitrogen and oxygen atoms in total. The minimum absolute atomic E-state index is 0.156. The predicted octanol–water partition coefficient (Wildman–Crippen LogP) is 5.93. The van der Waals surface area contributed by atoms with Crippen molar-refractivity contribution in [2.24, 2.45) is 0 Å². The molecule has 0 amide bonds. The van der Waals surface area contributed by atoms with Gasteiger partial charge in [0.2, 0.25) is 0 Å². The largest absolute Gasteiger partial charge is 0.468 e. The van der Waals surface area contributed by atoms with E-state index in [4.69, 9.17) is 9.47 Å². The van der Waals surface area contributed by atoms with Gasteiger partial charge in [0.1, 0.15) is 5.75 Å². The van der Waals surface area contributed by atoms with Crippen LogP contribution in [0.25, 0.3) is 5.57 Å². The van der Waals surface area contributed by atoms with Crippen LogP contribution in [0.4, 0.5) is 0 Å². The van der Waals surface area contributed by atoms with Gasteiger partial charge in [-0.15, -0.1) is 0 Å². The second-order valence-electron chi connectivity index (χ2n) is 6.68. The first-order chi connectivity index (χ1) is 11.5. The molecule has 126 valence electrons. The Kier molecular flexibility index (Phi) is 5.12. The zero-order valence-corrected chi connectivity index (χ0v) is 16.0. The number of fused-ring (bicyclic) bond motifs is 1. The van der Waals surface area contributed by atoms with E-state index < -0.39 is 0 Å². The molecular weight excluding hydrogens is 364 g/mol. The van der Waals surface area contributed by atoms with E-state index in [1.54, 1.807) is 0 Å². The number of allylic oxidation sites excluding steroid dienone is 1. The first-order valence-corrected chi connectivity index (χ1v) is 9.12. The zero-order valence-electron chi connectivity index (χ0n) is 14.4. The van der Waals surface area contributed by atoms with E-state index in [9.17, 15) is 0 Å². The summed E-state index contributed by atoms with van der Waals surface area (Å²) in [6.45, 7) is 7.52. The van der Waals surface area contributed by atoms with Crippen molar-refractivity contribution in [2.75, 3.05) is 13.4 Å². The fourth-order valence-electron chi connectivity index (χ4n) is 3.09. The second kappa shape index (κ2) is 7.12. The highest BCUT2D eigenvalue weighted by Gasteiger charge is 2.28. The van der Waals surface area contributed by atoms with Gasteiger partial charge in [-0.05, 0) is 65.3 Å². The SMILES string of the molecule is CCOCOc1ccc(C2=CCC(C)(C)c3cc(Br)ccc32)cc1. The summed E-state index contributed by atoms with van der Waals surface area (Å²) in [5, 5.41) is 0. The third kappa shape index (κ3) is 3.57. The summed E-state index contributed by atoms with van der Waals surface area (Å²) >= 11 is 3.61. The molecule has 3 rings (SSSR count). The van der Waals surface area contributed by atoms with Gasteiger partial charge >= 0.3 is 0 Å². The first-order valence-electron chi connectivity index (χ1n) is 8.33. The van der Waals surface area contributed by atoms with Crippen LogP contribution in [0.2, 0.25) is 0 Å². The summed E-state index contributed by atoms with van der Waals surface area (Å²) in [4.78, 5) is 0. The molecule has 0 bridgehead atoms. The minimum atomic E-state index is 0.156. The summed E-state index contributed by atoms with van der Waals surface area (Å²) in [5.74, 6) is 0.833. The molecule has 2 aromatic rings. The molecule has 1 aliphatic carbocycles. The number of halogens is 1. The lowest BCUT2D eigenvalue weighted by atomic mass is 9.72. The maximum atomic E-state index is 5.56. The average Bonchev–Trinajstić information content (AvgIpc) is 2.57. The van der Waals surface area contributed by atoms with E-state index in [0.717, 1.165) is 16.6 Å². The third-order valence-electron chi connectivity index (χ3n) is 4.50. The number of ether oxygens (including phenoxy) is 2. The highest BCUT2D eigenvalue weighted by atomic mass is 79.9. The molecular formula is C21H23BrO2. The lowest BCUT2D eigenvalue weighted by Gasteiger charge is -2.32. The van der Waals surface area contributed by atoms with Gasteiger partial charge in [-0.25, -0.2) is 0 Å². The third-order valence-corrected chi connectivity index (χ3v) is 4.99. The fourth-order valence-corrected chi connectivity index (χ4v) is 3.45. The van der Waals surface area contributed by atoms with Gasteiger partial charge in [-0.2, -0.15) is 0 Å². The standard InChI is InChI=1S/C21H23BrO2/c1-4-23-14-24-17-8-5-15(6-9-17)18-11-12-21(2,3)20-13-16(22)7-10-19(18)20/h5-11,13H,4,12,14H2,1-3H3. The topological polar surface area (TPSA) is 18.5 Å². The van der Waals surface area contributed by atoms with Crippen molar-refractivity contribution in [1.29, 1.82) is 0 Å². The van der Waals surface area contributed by atoms with Crippen molar-refractivity contribution in [3.63, 3.8) is 0 Å². The number of rotatable bonds is 5. The smallest absolute Gasteiger partial charge is 0.189 e. The molecule has 0 heterocycles. The van der Waals surface area contributed by atoms with Crippen LogP contribution in [0.1, 0.15) is 43.9 Å². The molecule has 0 aliphatic heterocycles. The van der Waals surface area contributed by atoms with E-state index in [0.29, 0.717) is 13.4 Å². The highest BCUT2D eigenvalue weighted by Crippen LogP contribution is 2.42. The van der Waals surface area contributed by atoms with Crippen molar-refractivity contribution in [1.82, 2.24) is 0 Å². The Morgan fingerprint density at radius 2 is 1.83 bits per heavy atom. The highest BCUT2D eigenvalue weighted by molar-refractivity contribution is 9.10. The Hall–Kier alpha value is -1.58. The molecule has 0 saturated heterocycles. The minimum Gasteiger partial charge on any atom is -0.468 e. The zero-order chi connectivity index (χ0) is 17.2. The Morgan fingerprint density at radius 3 is 2.54 bits per heavy atom. The van der Waals surface area contributed by atoms with Crippen molar-refractivity contribution >= 4 is 21.5 Å². The van der Waals surface area contributed by atoms with Gasteiger partial charge in [0, 0.05) is 11.1 Å². The van der Waals surface area contributed by atoms with Crippen molar-refractivity contribution in [2.45, 2.75) is 32.6 Å². The fraction of sp³-hybridized carbons (Fsp3) is 0.333. The normalized spacial score (nSPS) is 15.6. The van der Waals surface area contributed by atoms with E-state index in [1.165, 1.54) is 22.3 Å². The van der Waals surface area contributed by atoms with Gasteiger partial charge in [-0.3, -0.25) is 0 Å². The van der Waals surface area contributed by atoms with Crippen LogP contribution in [-0.4, -0.2) is 13.4 Å². The maximum Gasteiger partial charge on any atom is 0.189 e. The molecule has 0 aromatic heterocycles. The quantitative estimate of drug-likeness (QED) is 0.467. The number of hydrogen-bond acceptors (Lipinski definition) is 2. The van der Waals surface area contributed by atoms with Gasteiger partial charge in [0.15, 0.2) is 6.79 Å². The Balaban J connectivity index is 1.89. The second-order valence-corrected chi connectivity index (χ2v) is 7.59.